The normalized spacial score (nSPS) is 14.9. The molecule has 1 N–H and O–H groups in total. The van der Waals surface area contributed by atoms with Gasteiger partial charge >= 0.3 is 0 Å². The maximum absolute atomic E-state index is 6.24. The van der Waals surface area contributed by atoms with Crippen LogP contribution in [0.2, 0.25) is 10.0 Å². The number of aromatic nitrogens is 2. The average Bonchev–Trinajstić information content (AvgIpc) is 3.15. The van der Waals surface area contributed by atoms with Crippen molar-refractivity contribution in [2.45, 2.75) is 32.4 Å². The van der Waals surface area contributed by atoms with E-state index in [1.807, 2.05) is 29.9 Å². The van der Waals surface area contributed by atoms with Crippen molar-refractivity contribution < 1.29 is 0 Å². The zero-order valence-corrected chi connectivity index (χ0v) is 12.2. The summed E-state index contributed by atoms with van der Waals surface area (Å²) in [5.41, 5.74) is 3.12. The lowest BCUT2D eigenvalue weighted by Crippen LogP contribution is -2.15. The van der Waals surface area contributed by atoms with Crippen LogP contribution in [0.1, 0.15) is 24.1 Å². The Labute approximate surface area is 122 Å². The molecule has 0 amide bonds. The van der Waals surface area contributed by atoms with Gasteiger partial charge in [0.15, 0.2) is 0 Å². The molecule has 19 heavy (non-hydrogen) atoms. The largest absolute Gasteiger partial charge is 0.310 e. The molecule has 1 saturated carbocycles. The zero-order valence-electron chi connectivity index (χ0n) is 10.7. The summed E-state index contributed by atoms with van der Waals surface area (Å²) >= 11 is 12.3. The van der Waals surface area contributed by atoms with Crippen LogP contribution in [0.15, 0.2) is 24.4 Å². The van der Waals surface area contributed by atoms with E-state index in [4.69, 9.17) is 23.2 Å². The molecule has 0 aliphatic heterocycles. The van der Waals surface area contributed by atoms with Crippen LogP contribution in [0.25, 0.3) is 5.69 Å². The molecule has 1 fully saturated rings. The van der Waals surface area contributed by atoms with Gasteiger partial charge in [-0.1, -0.05) is 29.3 Å². The Morgan fingerprint density at radius 2 is 2.16 bits per heavy atom. The smallest absolute Gasteiger partial charge is 0.0850 e. The van der Waals surface area contributed by atoms with E-state index in [1.165, 1.54) is 18.4 Å². The predicted octanol–water partition coefficient (Wildman–Crippen LogP) is 3.74. The van der Waals surface area contributed by atoms with Gasteiger partial charge in [0.05, 0.1) is 21.9 Å². The lowest BCUT2D eigenvalue weighted by molar-refractivity contribution is 0.684. The Hall–Kier alpha value is -1.03. The minimum absolute atomic E-state index is 0.539. The molecule has 2 aromatic rings. The molecule has 0 spiro atoms. The quantitative estimate of drug-likeness (QED) is 0.931. The van der Waals surface area contributed by atoms with Crippen molar-refractivity contribution in [2.24, 2.45) is 0 Å². The fourth-order valence-electron chi connectivity index (χ4n) is 2.06. The van der Waals surface area contributed by atoms with E-state index in [-0.39, 0.29) is 0 Å². The number of hydrogen-bond acceptors (Lipinski definition) is 2. The summed E-state index contributed by atoms with van der Waals surface area (Å²) in [5.74, 6) is 0. The van der Waals surface area contributed by atoms with Crippen LogP contribution in [0.5, 0.6) is 0 Å². The van der Waals surface area contributed by atoms with Gasteiger partial charge in [0.2, 0.25) is 0 Å². The third kappa shape index (κ3) is 2.64. The van der Waals surface area contributed by atoms with E-state index in [0.717, 1.165) is 17.9 Å². The van der Waals surface area contributed by atoms with E-state index >= 15 is 0 Å². The molecule has 100 valence electrons. The van der Waals surface area contributed by atoms with E-state index in [0.29, 0.717) is 16.1 Å². The third-order valence-electron chi connectivity index (χ3n) is 3.43. The first-order valence-electron chi connectivity index (χ1n) is 6.38. The average molecular weight is 296 g/mol. The van der Waals surface area contributed by atoms with Crippen LogP contribution in [0, 0.1) is 6.92 Å². The summed E-state index contributed by atoms with van der Waals surface area (Å²) in [4.78, 5) is 0. The molecule has 1 aliphatic carbocycles. The molecule has 3 rings (SSSR count). The highest BCUT2D eigenvalue weighted by atomic mass is 35.5. The first-order chi connectivity index (χ1) is 9.16. The van der Waals surface area contributed by atoms with Gasteiger partial charge in [-0.2, -0.15) is 5.10 Å². The summed E-state index contributed by atoms with van der Waals surface area (Å²) < 4.78 is 1.85. The third-order valence-corrected chi connectivity index (χ3v) is 4.24. The molecule has 1 aromatic carbocycles. The number of nitrogens with zero attached hydrogens (tertiary/aromatic N) is 2. The van der Waals surface area contributed by atoms with Gasteiger partial charge in [0.1, 0.15) is 0 Å². The summed E-state index contributed by atoms with van der Waals surface area (Å²) in [6.45, 7) is 2.91. The summed E-state index contributed by atoms with van der Waals surface area (Å²) in [6, 6.07) is 6.28. The van der Waals surface area contributed by atoms with Gasteiger partial charge in [-0.15, -0.1) is 0 Å². The van der Waals surface area contributed by atoms with Crippen LogP contribution in [-0.4, -0.2) is 15.8 Å². The van der Waals surface area contributed by atoms with Crippen LogP contribution < -0.4 is 5.32 Å². The van der Waals surface area contributed by atoms with Gasteiger partial charge in [0.25, 0.3) is 0 Å². The highest BCUT2D eigenvalue weighted by Gasteiger charge is 2.21. The van der Waals surface area contributed by atoms with Gasteiger partial charge in [0, 0.05) is 23.8 Å². The Morgan fingerprint density at radius 3 is 2.89 bits per heavy atom. The maximum Gasteiger partial charge on any atom is 0.0850 e. The highest BCUT2D eigenvalue weighted by molar-refractivity contribution is 6.43. The fourth-order valence-corrected chi connectivity index (χ4v) is 2.43. The molecule has 1 aromatic heterocycles. The second-order valence-corrected chi connectivity index (χ2v) is 5.68. The van der Waals surface area contributed by atoms with Crippen LogP contribution in [-0.2, 0) is 6.54 Å². The lowest BCUT2D eigenvalue weighted by atomic mass is 10.2. The van der Waals surface area contributed by atoms with Crippen molar-refractivity contribution in [3.05, 3.63) is 45.7 Å². The van der Waals surface area contributed by atoms with Crippen LogP contribution >= 0.6 is 23.2 Å². The first kappa shape index (κ1) is 13.0. The monoisotopic (exact) mass is 295 g/mol. The molecule has 0 unspecified atom stereocenters. The minimum atomic E-state index is 0.539. The predicted molar refractivity (Wildman–Crippen MR) is 78.2 cm³/mol. The van der Waals surface area contributed by atoms with Crippen molar-refractivity contribution >= 4 is 23.2 Å². The van der Waals surface area contributed by atoms with E-state index in [9.17, 15) is 0 Å². The summed E-state index contributed by atoms with van der Waals surface area (Å²) in [5, 5.41) is 9.00. The first-order valence-corrected chi connectivity index (χ1v) is 7.13. The Morgan fingerprint density at radius 1 is 1.37 bits per heavy atom. The summed E-state index contributed by atoms with van der Waals surface area (Å²) in [6.07, 6.45) is 4.46. The van der Waals surface area contributed by atoms with Gasteiger partial charge in [-0.25, -0.2) is 4.68 Å². The van der Waals surface area contributed by atoms with E-state index in [1.54, 1.807) is 6.07 Å². The van der Waals surface area contributed by atoms with Gasteiger partial charge in [-0.05, 0) is 31.9 Å². The van der Waals surface area contributed by atoms with Gasteiger partial charge < -0.3 is 5.32 Å². The minimum Gasteiger partial charge on any atom is -0.310 e. The molecule has 0 saturated heterocycles. The number of rotatable bonds is 4. The molecule has 1 aliphatic rings. The fraction of sp³-hybridized carbons (Fsp3) is 0.357. The number of benzene rings is 1. The zero-order chi connectivity index (χ0) is 13.4. The topological polar surface area (TPSA) is 29.9 Å². The SMILES string of the molecule is Cc1c(CNC2CC2)cnn1-c1cccc(Cl)c1Cl. The number of nitrogens with one attached hydrogen (secondary N) is 1. The van der Waals surface area contributed by atoms with Crippen molar-refractivity contribution in [2.75, 3.05) is 0 Å². The van der Waals surface area contributed by atoms with Crippen LogP contribution in [0.4, 0.5) is 0 Å². The standard InChI is InChI=1S/C14H15Cl2N3/c1-9-10(7-17-11-5-6-11)8-18-19(9)13-4-2-3-12(15)14(13)16/h2-4,8,11,17H,5-7H2,1H3. The second-order valence-electron chi connectivity index (χ2n) is 4.90. The molecular formula is C14H15Cl2N3. The molecule has 0 radical (unpaired) electrons. The number of hydrogen-bond donors (Lipinski definition) is 1. The maximum atomic E-state index is 6.24. The van der Waals surface area contributed by atoms with Crippen molar-refractivity contribution in [1.82, 2.24) is 15.1 Å². The molecule has 3 nitrogen and oxygen atoms in total. The second kappa shape index (κ2) is 5.16. The molecular weight excluding hydrogens is 281 g/mol. The summed E-state index contributed by atoms with van der Waals surface area (Å²) in [7, 11) is 0. The van der Waals surface area contributed by atoms with Crippen molar-refractivity contribution in [3.63, 3.8) is 0 Å². The molecule has 0 atom stereocenters. The Balaban J connectivity index is 1.89. The van der Waals surface area contributed by atoms with Crippen molar-refractivity contribution in [1.29, 1.82) is 0 Å². The highest BCUT2D eigenvalue weighted by Crippen LogP contribution is 2.29. The number of halogens is 2. The van der Waals surface area contributed by atoms with Gasteiger partial charge in [-0.3, -0.25) is 0 Å². The molecule has 0 bridgehead atoms. The van der Waals surface area contributed by atoms with Crippen molar-refractivity contribution in [3.8, 4) is 5.69 Å². The lowest BCUT2D eigenvalue weighted by Gasteiger charge is -2.09. The van der Waals surface area contributed by atoms with Crippen LogP contribution in [0.3, 0.4) is 0 Å². The Kier molecular flexibility index (Phi) is 3.52. The molecule has 5 heteroatoms. The van der Waals surface area contributed by atoms with E-state index in [2.05, 4.69) is 10.4 Å². The Bertz CT molecular complexity index is 603. The van der Waals surface area contributed by atoms with E-state index < -0.39 is 0 Å². The molecule has 1 heterocycles.